The van der Waals surface area contributed by atoms with Crippen LogP contribution in [0.4, 0.5) is 0 Å². The average molecular weight is 254 g/mol. The van der Waals surface area contributed by atoms with Gasteiger partial charge >= 0.3 is 0 Å². The molecule has 2 heterocycles. The van der Waals surface area contributed by atoms with Crippen molar-refractivity contribution >= 4 is 23.6 Å². The van der Waals surface area contributed by atoms with E-state index in [0.29, 0.717) is 4.77 Å². The highest BCUT2D eigenvalue weighted by Crippen LogP contribution is 2.28. The monoisotopic (exact) mass is 254 g/mol. The van der Waals surface area contributed by atoms with Gasteiger partial charge in [0.05, 0.1) is 21.6 Å². The van der Waals surface area contributed by atoms with E-state index in [0.717, 1.165) is 16.5 Å². The Labute approximate surface area is 103 Å². The van der Waals surface area contributed by atoms with Gasteiger partial charge in [-0.3, -0.25) is 9.67 Å². The molecule has 4 nitrogen and oxygen atoms in total. The Morgan fingerprint density at radius 1 is 1.38 bits per heavy atom. The molecule has 6 heteroatoms. The van der Waals surface area contributed by atoms with Crippen LogP contribution in [0.25, 0.3) is 0 Å². The summed E-state index contributed by atoms with van der Waals surface area (Å²) in [4.78, 5) is 5.69. The first-order chi connectivity index (χ1) is 7.50. The van der Waals surface area contributed by atoms with E-state index >= 15 is 0 Å². The van der Waals surface area contributed by atoms with E-state index in [1.54, 1.807) is 11.3 Å². The average Bonchev–Trinajstić information content (AvgIpc) is 2.70. The van der Waals surface area contributed by atoms with E-state index in [1.165, 1.54) is 4.88 Å². The van der Waals surface area contributed by atoms with Crippen molar-refractivity contribution in [3.63, 3.8) is 0 Å². The highest BCUT2D eigenvalue weighted by molar-refractivity contribution is 7.71. The van der Waals surface area contributed by atoms with E-state index in [2.05, 4.69) is 22.1 Å². The van der Waals surface area contributed by atoms with Crippen LogP contribution in [0.3, 0.4) is 0 Å². The van der Waals surface area contributed by atoms with Gasteiger partial charge in [0.25, 0.3) is 0 Å². The standard InChI is InChI=1S/C10H14N4S2/c1-5-9(16-8(4)11-5)6(2)14-7(3)12-13-10(14)15/h6H,1-4H3,(H,13,15). The molecule has 1 unspecified atom stereocenters. The van der Waals surface area contributed by atoms with Crippen LogP contribution in [0.2, 0.25) is 0 Å². The van der Waals surface area contributed by atoms with Crippen LogP contribution >= 0.6 is 23.6 Å². The van der Waals surface area contributed by atoms with Crippen LogP contribution in [-0.4, -0.2) is 19.7 Å². The maximum atomic E-state index is 5.23. The smallest absolute Gasteiger partial charge is 0.195 e. The van der Waals surface area contributed by atoms with E-state index in [9.17, 15) is 0 Å². The molecule has 0 radical (unpaired) electrons. The fourth-order valence-electron chi connectivity index (χ4n) is 1.89. The Hall–Kier alpha value is -1.01. The summed E-state index contributed by atoms with van der Waals surface area (Å²) in [6.07, 6.45) is 0. The highest BCUT2D eigenvalue weighted by Gasteiger charge is 2.17. The molecule has 2 aromatic rings. The summed E-state index contributed by atoms with van der Waals surface area (Å²) in [6.45, 7) is 8.13. The van der Waals surface area contributed by atoms with Crippen molar-refractivity contribution in [1.82, 2.24) is 19.7 Å². The lowest BCUT2D eigenvalue weighted by Gasteiger charge is -2.12. The number of hydrogen-bond acceptors (Lipinski definition) is 4. The molecule has 0 aromatic carbocycles. The predicted octanol–water partition coefficient (Wildman–Crippen LogP) is 2.93. The van der Waals surface area contributed by atoms with Crippen molar-refractivity contribution in [3.05, 3.63) is 26.2 Å². The number of thiazole rings is 1. The van der Waals surface area contributed by atoms with Gasteiger partial charge in [-0.15, -0.1) is 11.3 Å². The van der Waals surface area contributed by atoms with Crippen LogP contribution in [0.5, 0.6) is 0 Å². The second kappa shape index (κ2) is 4.10. The topological polar surface area (TPSA) is 46.5 Å². The second-order valence-corrected chi connectivity index (χ2v) is 5.43. The molecule has 0 spiro atoms. The van der Waals surface area contributed by atoms with Gasteiger partial charge < -0.3 is 0 Å². The molecule has 0 saturated heterocycles. The SMILES string of the molecule is Cc1nc(C)c(C(C)n2c(C)n[nH]c2=S)s1. The van der Waals surface area contributed by atoms with Gasteiger partial charge in [-0.05, 0) is 39.9 Å². The fourth-order valence-corrected chi connectivity index (χ4v) is 3.20. The molecule has 16 heavy (non-hydrogen) atoms. The number of aromatic nitrogens is 4. The van der Waals surface area contributed by atoms with Crippen LogP contribution < -0.4 is 0 Å². The Balaban J connectivity index is 2.51. The molecule has 0 amide bonds. The van der Waals surface area contributed by atoms with Crippen molar-refractivity contribution < 1.29 is 0 Å². The molecule has 0 saturated carbocycles. The molecule has 0 fully saturated rings. The summed E-state index contributed by atoms with van der Waals surface area (Å²) >= 11 is 6.95. The zero-order valence-electron chi connectivity index (χ0n) is 9.74. The molecule has 1 N–H and O–H groups in total. The first-order valence-electron chi connectivity index (χ1n) is 5.08. The molecular weight excluding hydrogens is 240 g/mol. The number of nitrogens with zero attached hydrogens (tertiary/aromatic N) is 3. The van der Waals surface area contributed by atoms with Crippen molar-refractivity contribution in [1.29, 1.82) is 0 Å². The molecule has 2 aromatic heterocycles. The van der Waals surface area contributed by atoms with Crippen molar-refractivity contribution in [2.75, 3.05) is 0 Å². The number of aromatic amines is 1. The minimum atomic E-state index is 0.192. The molecule has 1 atom stereocenters. The molecule has 0 bridgehead atoms. The van der Waals surface area contributed by atoms with Gasteiger partial charge in [-0.25, -0.2) is 4.98 Å². The summed E-state index contributed by atoms with van der Waals surface area (Å²) in [5.41, 5.74) is 1.08. The third-order valence-corrected chi connectivity index (χ3v) is 4.12. The Morgan fingerprint density at radius 3 is 2.50 bits per heavy atom. The van der Waals surface area contributed by atoms with E-state index in [1.807, 2.05) is 25.3 Å². The lowest BCUT2D eigenvalue weighted by molar-refractivity contribution is 0.616. The number of nitrogens with one attached hydrogen (secondary N) is 1. The number of rotatable bonds is 2. The summed E-state index contributed by atoms with van der Waals surface area (Å²) in [5.74, 6) is 0.906. The lowest BCUT2D eigenvalue weighted by Crippen LogP contribution is -2.08. The van der Waals surface area contributed by atoms with Gasteiger partial charge in [0.15, 0.2) is 4.77 Å². The third kappa shape index (κ3) is 1.82. The molecule has 86 valence electrons. The summed E-state index contributed by atoms with van der Waals surface area (Å²) in [7, 11) is 0. The predicted molar refractivity (Wildman–Crippen MR) is 67.5 cm³/mol. The highest BCUT2D eigenvalue weighted by atomic mass is 32.1. The van der Waals surface area contributed by atoms with Gasteiger partial charge in [0.1, 0.15) is 5.82 Å². The van der Waals surface area contributed by atoms with E-state index < -0.39 is 0 Å². The van der Waals surface area contributed by atoms with Gasteiger partial charge in [-0.1, -0.05) is 0 Å². The van der Waals surface area contributed by atoms with E-state index in [-0.39, 0.29) is 6.04 Å². The molecule has 0 aliphatic rings. The largest absolute Gasteiger partial charge is 0.296 e. The summed E-state index contributed by atoms with van der Waals surface area (Å²) in [6, 6.07) is 0.192. The Morgan fingerprint density at radius 2 is 2.06 bits per heavy atom. The third-order valence-electron chi connectivity index (χ3n) is 2.59. The first-order valence-corrected chi connectivity index (χ1v) is 6.30. The number of aryl methyl sites for hydroxylation is 3. The van der Waals surface area contributed by atoms with Crippen LogP contribution in [0, 0.1) is 25.5 Å². The Bertz CT molecular complexity index is 564. The summed E-state index contributed by atoms with van der Waals surface area (Å²) < 4.78 is 2.69. The van der Waals surface area contributed by atoms with Crippen LogP contribution in [-0.2, 0) is 0 Å². The molecule has 2 rings (SSSR count). The first kappa shape index (κ1) is 11.5. The maximum Gasteiger partial charge on any atom is 0.195 e. The van der Waals surface area contributed by atoms with E-state index in [4.69, 9.17) is 12.2 Å². The lowest BCUT2D eigenvalue weighted by atomic mass is 10.2. The zero-order valence-corrected chi connectivity index (χ0v) is 11.4. The van der Waals surface area contributed by atoms with Gasteiger partial charge in [0, 0.05) is 0 Å². The minimum absolute atomic E-state index is 0.192. The minimum Gasteiger partial charge on any atom is -0.296 e. The van der Waals surface area contributed by atoms with Crippen LogP contribution in [0.15, 0.2) is 0 Å². The number of H-pyrrole nitrogens is 1. The van der Waals surface area contributed by atoms with Crippen LogP contribution in [0.1, 0.15) is 34.4 Å². The molecular formula is C10H14N4S2. The summed E-state index contributed by atoms with van der Waals surface area (Å²) in [5, 5.41) is 8.03. The van der Waals surface area contributed by atoms with Gasteiger partial charge in [0.2, 0.25) is 0 Å². The normalized spacial score (nSPS) is 13.0. The van der Waals surface area contributed by atoms with Crippen molar-refractivity contribution in [3.8, 4) is 0 Å². The fraction of sp³-hybridized carbons (Fsp3) is 0.500. The molecule has 0 aliphatic heterocycles. The zero-order chi connectivity index (χ0) is 11.9. The van der Waals surface area contributed by atoms with Gasteiger partial charge in [-0.2, -0.15) is 5.10 Å². The quantitative estimate of drug-likeness (QED) is 0.838. The van der Waals surface area contributed by atoms with Crippen molar-refractivity contribution in [2.45, 2.75) is 33.7 Å². The van der Waals surface area contributed by atoms with Crippen molar-refractivity contribution in [2.24, 2.45) is 0 Å². The number of hydrogen-bond donors (Lipinski definition) is 1. The Kier molecular flexibility index (Phi) is 2.94. The maximum absolute atomic E-state index is 5.23. The molecule has 0 aliphatic carbocycles. The second-order valence-electron chi connectivity index (χ2n) is 3.80.